The molecule has 0 amide bonds. The van der Waals surface area contributed by atoms with Crippen molar-refractivity contribution in [2.24, 2.45) is 0 Å². The zero-order valence-electron chi connectivity index (χ0n) is 11.4. The summed E-state index contributed by atoms with van der Waals surface area (Å²) in [5, 5.41) is 18.3. The zero-order chi connectivity index (χ0) is 14.8. The van der Waals surface area contributed by atoms with Crippen LogP contribution in [0.15, 0.2) is 12.7 Å². The van der Waals surface area contributed by atoms with Crippen LogP contribution >= 0.6 is 0 Å². The molecular weight excluding hydrogens is 256 g/mol. The Kier molecular flexibility index (Phi) is 9.15. The van der Waals surface area contributed by atoms with Gasteiger partial charge in [-0.3, -0.25) is 0 Å². The van der Waals surface area contributed by atoms with Crippen molar-refractivity contribution < 1.29 is 34.0 Å². The van der Waals surface area contributed by atoms with Gasteiger partial charge in [0.05, 0.1) is 27.4 Å². The molecule has 0 aromatic rings. The third-order valence-corrected chi connectivity index (χ3v) is 2.33. The SMILES string of the molecule is C=CC.COC(=O)OC.O[C@@H]1CO[C@H]2[C@@H]1OC[C@@H]2O. The van der Waals surface area contributed by atoms with Gasteiger partial charge in [0, 0.05) is 0 Å². The largest absolute Gasteiger partial charge is 0.507 e. The molecular formula is C12H22O7. The average Bonchev–Trinajstić information content (AvgIpc) is 2.95. The number of fused-ring (bicyclic) bond motifs is 1. The molecule has 0 saturated carbocycles. The number of aliphatic hydroxyl groups is 2. The average molecular weight is 278 g/mol. The first-order chi connectivity index (χ1) is 9.01. The first-order valence-electron chi connectivity index (χ1n) is 5.80. The normalized spacial score (nSPS) is 31.0. The highest BCUT2D eigenvalue weighted by molar-refractivity contribution is 5.59. The van der Waals surface area contributed by atoms with E-state index in [2.05, 4.69) is 16.1 Å². The van der Waals surface area contributed by atoms with Crippen molar-refractivity contribution in [1.82, 2.24) is 0 Å². The van der Waals surface area contributed by atoms with Gasteiger partial charge >= 0.3 is 6.16 Å². The van der Waals surface area contributed by atoms with Gasteiger partial charge in [-0.05, 0) is 6.92 Å². The highest BCUT2D eigenvalue weighted by Crippen LogP contribution is 2.26. The number of methoxy groups -OCH3 is 2. The van der Waals surface area contributed by atoms with Crippen LogP contribution in [0.25, 0.3) is 0 Å². The van der Waals surface area contributed by atoms with Crippen LogP contribution in [-0.4, -0.2) is 68.2 Å². The van der Waals surface area contributed by atoms with Gasteiger partial charge in [-0.1, -0.05) is 6.08 Å². The fourth-order valence-corrected chi connectivity index (χ4v) is 1.54. The van der Waals surface area contributed by atoms with Gasteiger partial charge in [-0.25, -0.2) is 4.79 Å². The molecule has 0 spiro atoms. The molecule has 0 aromatic heterocycles. The van der Waals surface area contributed by atoms with E-state index in [1.54, 1.807) is 6.08 Å². The Morgan fingerprint density at radius 1 is 1.16 bits per heavy atom. The van der Waals surface area contributed by atoms with Crippen molar-refractivity contribution >= 4 is 6.16 Å². The van der Waals surface area contributed by atoms with Gasteiger partial charge < -0.3 is 29.2 Å². The Bertz CT molecular complexity index is 247. The fraction of sp³-hybridized carbons (Fsp3) is 0.750. The molecule has 2 aliphatic heterocycles. The van der Waals surface area contributed by atoms with E-state index < -0.39 is 18.4 Å². The Morgan fingerprint density at radius 3 is 1.68 bits per heavy atom. The highest BCUT2D eigenvalue weighted by Gasteiger charge is 2.46. The Hall–Kier alpha value is -1.15. The van der Waals surface area contributed by atoms with Gasteiger partial charge in [0.2, 0.25) is 0 Å². The lowest BCUT2D eigenvalue weighted by atomic mass is 10.1. The first-order valence-corrected chi connectivity index (χ1v) is 5.80. The number of rotatable bonds is 0. The number of aliphatic hydroxyl groups excluding tert-OH is 2. The maximum Gasteiger partial charge on any atom is 0.507 e. The summed E-state index contributed by atoms with van der Waals surface area (Å²) in [5.41, 5.74) is 0. The van der Waals surface area contributed by atoms with E-state index >= 15 is 0 Å². The van der Waals surface area contributed by atoms with Crippen LogP contribution in [0.4, 0.5) is 4.79 Å². The lowest BCUT2D eigenvalue weighted by Gasteiger charge is -2.09. The van der Waals surface area contributed by atoms with Crippen LogP contribution in [0.3, 0.4) is 0 Å². The lowest BCUT2D eigenvalue weighted by molar-refractivity contribution is 0.00205. The van der Waals surface area contributed by atoms with Gasteiger partial charge in [-0.2, -0.15) is 0 Å². The van der Waals surface area contributed by atoms with Crippen LogP contribution < -0.4 is 0 Å². The van der Waals surface area contributed by atoms with Crippen molar-refractivity contribution in [2.75, 3.05) is 27.4 Å². The van der Waals surface area contributed by atoms with Gasteiger partial charge in [0.1, 0.15) is 24.4 Å². The van der Waals surface area contributed by atoms with Crippen LogP contribution in [-0.2, 0) is 18.9 Å². The molecule has 2 heterocycles. The number of hydrogen-bond donors (Lipinski definition) is 2. The molecule has 2 aliphatic rings. The number of carbonyl (C=O) groups excluding carboxylic acids is 1. The standard InChI is InChI=1S/C6H10O4.C3H6O3.C3H6/c7-3-1-9-6-4(8)2-10-5(3)6;1-5-3(4)6-2;1-3-2/h3-8H,1-2H2;1-2H3;3H,1H2,2H3/t3-,4+,5-,6-;;/m1../s1. The minimum atomic E-state index is -0.657. The summed E-state index contributed by atoms with van der Waals surface area (Å²) in [5.74, 6) is 0. The predicted octanol–water partition coefficient (Wildman–Crippen LogP) is 0.0973. The van der Waals surface area contributed by atoms with Crippen molar-refractivity contribution in [3.63, 3.8) is 0 Å². The molecule has 2 saturated heterocycles. The molecule has 112 valence electrons. The molecule has 0 bridgehead atoms. The maximum atomic E-state index is 9.74. The molecule has 0 aliphatic carbocycles. The van der Waals surface area contributed by atoms with Crippen LogP contribution in [0, 0.1) is 0 Å². The second kappa shape index (κ2) is 9.74. The lowest BCUT2D eigenvalue weighted by Crippen LogP contribution is -2.30. The molecule has 0 radical (unpaired) electrons. The molecule has 7 nitrogen and oxygen atoms in total. The monoisotopic (exact) mass is 278 g/mol. The summed E-state index contributed by atoms with van der Waals surface area (Å²) in [7, 11) is 2.51. The Balaban J connectivity index is 0.000000312. The molecule has 2 rings (SSSR count). The summed E-state index contributed by atoms with van der Waals surface area (Å²) in [6.07, 6.45) is -0.607. The smallest absolute Gasteiger partial charge is 0.438 e. The Labute approximate surface area is 112 Å². The minimum absolute atomic E-state index is 0.284. The number of allylic oxidation sites excluding steroid dienone is 1. The second-order valence-corrected chi connectivity index (χ2v) is 3.80. The summed E-state index contributed by atoms with van der Waals surface area (Å²) in [4.78, 5) is 9.74. The summed E-state index contributed by atoms with van der Waals surface area (Å²) < 4.78 is 18.2. The predicted molar refractivity (Wildman–Crippen MR) is 66.8 cm³/mol. The van der Waals surface area contributed by atoms with Crippen molar-refractivity contribution in [1.29, 1.82) is 0 Å². The van der Waals surface area contributed by atoms with Gasteiger partial charge in [0.25, 0.3) is 0 Å². The van der Waals surface area contributed by atoms with E-state index in [0.717, 1.165) is 0 Å². The van der Waals surface area contributed by atoms with Crippen molar-refractivity contribution in [3.8, 4) is 0 Å². The molecule has 0 aromatic carbocycles. The topological polar surface area (TPSA) is 94.5 Å². The molecule has 19 heavy (non-hydrogen) atoms. The van der Waals surface area contributed by atoms with Crippen molar-refractivity contribution in [3.05, 3.63) is 12.7 Å². The zero-order valence-corrected chi connectivity index (χ0v) is 11.4. The summed E-state index contributed by atoms with van der Waals surface area (Å²) in [6, 6.07) is 0. The van der Waals surface area contributed by atoms with E-state index in [1.807, 2.05) is 6.92 Å². The summed E-state index contributed by atoms with van der Waals surface area (Å²) >= 11 is 0. The molecule has 0 unspecified atom stereocenters. The van der Waals surface area contributed by atoms with E-state index in [-0.39, 0.29) is 25.4 Å². The quantitative estimate of drug-likeness (QED) is 0.479. The molecule has 7 heteroatoms. The Morgan fingerprint density at radius 2 is 1.47 bits per heavy atom. The molecule has 2 fully saturated rings. The van der Waals surface area contributed by atoms with E-state index in [9.17, 15) is 4.79 Å². The number of carbonyl (C=O) groups is 1. The minimum Gasteiger partial charge on any atom is -0.438 e. The van der Waals surface area contributed by atoms with Crippen LogP contribution in [0.2, 0.25) is 0 Å². The van der Waals surface area contributed by atoms with Crippen LogP contribution in [0.5, 0.6) is 0 Å². The van der Waals surface area contributed by atoms with Crippen LogP contribution in [0.1, 0.15) is 6.92 Å². The van der Waals surface area contributed by atoms with Gasteiger partial charge in [-0.15, -0.1) is 6.58 Å². The maximum absolute atomic E-state index is 9.74. The molecule has 2 N–H and O–H groups in total. The third-order valence-electron chi connectivity index (χ3n) is 2.33. The second-order valence-electron chi connectivity index (χ2n) is 3.80. The first kappa shape index (κ1) is 17.8. The molecule has 4 atom stereocenters. The van der Waals surface area contributed by atoms with Gasteiger partial charge in [0.15, 0.2) is 0 Å². The van der Waals surface area contributed by atoms with E-state index in [4.69, 9.17) is 19.7 Å². The van der Waals surface area contributed by atoms with E-state index in [0.29, 0.717) is 0 Å². The van der Waals surface area contributed by atoms with E-state index in [1.165, 1.54) is 14.2 Å². The fourth-order valence-electron chi connectivity index (χ4n) is 1.54. The van der Waals surface area contributed by atoms with Crippen molar-refractivity contribution in [2.45, 2.75) is 31.3 Å². The summed E-state index contributed by atoms with van der Waals surface area (Å²) in [6.45, 7) is 5.82. The highest BCUT2D eigenvalue weighted by atomic mass is 16.7. The number of hydrogen-bond acceptors (Lipinski definition) is 7. The third kappa shape index (κ3) is 6.02. The number of ether oxygens (including phenoxy) is 4.